The van der Waals surface area contributed by atoms with Crippen molar-refractivity contribution in [3.05, 3.63) is 48.2 Å². The Bertz CT molecular complexity index is 788. The average molecular weight is 268 g/mol. The molecule has 94 valence electrons. The second kappa shape index (κ2) is 4.70. The van der Waals surface area contributed by atoms with Crippen LogP contribution in [-0.2, 0) is 0 Å². The fourth-order valence-corrected chi connectivity index (χ4v) is 2.22. The summed E-state index contributed by atoms with van der Waals surface area (Å²) in [6, 6.07) is 12.4. The van der Waals surface area contributed by atoms with Gasteiger partial charge in [-0.2, -0.15) is 5.10 Å². The van der Waals surface area contributed by atoms with Gasteiger partial charge in [0, 0.05) is 22.5 Å². The molecular formula is C14H12N4S. The van der Waals surface area contributed by atoms with Gasteiger partial charge in [0.05, 0.1) is 11.7 Å². The SMILES string of the molecule is NC(=S)NN=Cc1c[nH]c2c1ccc1ccccc12. The van der Waals surface area contributed by atoms with Gasteiger partial charge < -0.3 is 10.7 Å². The molecule has 0 saturated heterocycles. The zero-order valence-electron chi connectivity index (χ0n) is 10.1. The molecule has 3 aromatic rings. The molecule has 2 aromatic carbocycles. The number of hydrogen-bond acceptors (Lipinski definition) is 2. The Morgan fingerprint density at radius 3 is 2.89 bits per heavy atom. The van der Waals surface area contributed by atoms with Crippen molar-refractivity contribution in [3.8, 4) is 0 Å². The maximum atomic E-state index is 5.32. The number of thiocarbonyl (C=S) groups is 1. The first-order chi connectivity index (χ1) is 9.25. The summed E-state index contributed by atoms with van der Waals surface area (Å²) in [5.41, 5.74) is 9.96. The van der Waals surface area contributed by atoms with Crippen LogP contribution in [-0.4, -0.2) is 16.3 Å². The van der Waals surface area contributed by atoms with Gasteiger partial charge in [-0.3, -0.25) is 5.43 Å². The highest BCUT2D eigenvalue weighted by Crippen LogP contribution is 2.25. The van der Waals surface area contributed by atoms with Gasteiger partial charge in [-0.15, -0.1) is 0 Å². The molecule has 0 spiro atoms. The number of hydrogen-bond donors (Lipinski definition) is 3. The highest BCUT2D eigenvalue weighted by atomic mass is 32.1. The molecule has 0 unspecified atom stereocenters. The van der Waals surface area contributed by atoms with E-state index < -0.39 is 0 Å². The number of aromatic amines is 1. The molecule has 0 aliphatic heterocycles. The molecule has 4 N–H and O–H groups in total. The van der Waals surface area contributed by atoms with Crippen LogP contribution in [0.15, 0.2) is 47.7 Å². The number of fused-ring (bicyclic) bond motifs is 3. The number of aromatic nitrogens is 1. The van der Waals surface area contributed by atoms with Gasteiger partial charge in [0.1, 0.15) is 0 Å². The molecule has 0 aliphatic carbocycles. The van der Waals surface area contributed by atoms with E-state index in [1.807, 2.05) is 18.3 Å². The van der Waals surface area contributed by atoms with E-state index in [1.54, 1.807) is 6.21 Å². The summed E-state index contributed by atoms with van der Waals surface area (Å²) >= 11 is 4.69. The lowest BCUT2D eigenvalue weighted by molar-refractivity contribution is 1.04. The fraction of sp³-hybridized carbons (Fsp3) is 0. The highest BCUT2D eigenvalue weighted by Gasteiger charge is 2.04. The zero-order valence-corrected chi connectivity index (χ0v) is 10.9. The van der Waals surface area contributed by atoms with Gasteiger partial charge in [-0.25, -0.2) is 0 Å². The van der Waals surface area contributed by atoms with Crippen molar-refractivity contribution in [2.24, 2.45) is 10.8 Å². The summed E-state index contributed by atoms with van der Waals surface area (Å²) < 4.78 is 0. The Morgan fingerprint density at radius 1 is 1.21 bits per heavy atom. The standard InChI is InChI=1S/C14H12N4S/c15-14(19)18-17-8-10-7-16-13-11-4-2-1-3-9(11)5-6-12(10)13/h1-8,16H,(H3,15,18,19). The van der Waals surface area contributed by atoms with Crippen LogP contribution in [0.3, 0.4) is 0 Å². The lowest BCUT2D eigenvalue weighted by Crippen LogP contribution is -2.23. The van der Waals surface area contributed by atoms with Crippen LogP contribution < -0.4 is 11.2 Å². The fourth-order valence-electron chi connectivity index (χ4n) is 2.17. The predicted octanol–water partition coefficient (Wildman–Crippen LogP) is 2.49. The minimum absolute atomic E-state index is 0.154. The molecule has 0 fully saturated rings. The largest absolute Gasteiger partial charge is 0.375 e. The van der Waals surface area contributed by atoms with E-state index in [4.69, 9.17) is 18.0 Å². The van der Waals surface area contributed by atoms with Crippen molar-refractivity contribution in [2.45, 2.75) is 0 Å². The van der Waals surface area contributed by atoms with Crippen molar-refractivity contribution < 1.29 is 0 Å². The van der Waals surface area contributed by atoms with Crippen LogP contribution >= 0.6 is 12.2 Å². The second-order valence-corrected chi connectivity index (χ2v) is 4.63. The van der Waals surface area contributed by atoms with E-state index in [0.29, 0.717) is 0 Å². The number of nitrogens with zero attached hydrogens (tertiary/aromatic N) is 1. The zero-order chi connectivity index (χ0) is 13.2. The van der Waals surface area contributed by atoms with Crippen LogP contribution in [0.2, 0.25) is 0 Å². The average Bonchev–Trinajstić information content (AvgIpc) is 2.82. The third-order valence-corrected chi connectivity index (χ3v) is 3.08. The van der Waals surface area contributed by atoms with E-state index in [2.05, 4.69) is 39.8 Å². The molecule has 4 nitrogen and oxygen atoms in total. The lowest BCUT2D eigenvalue weighted by Gasteiger charge is -1.99. The van der Waals surface area contributed by atoms with Crippen molar-refractivity contribution in [1.82, 2.24) is 10.4 Å². The summed E-state index contributed by atoms with van der Waals surface area (Å²) in [4.78, 5) is 3.29. The van der Waals surface area contributed by atoms with Crippen molar-refractivity contribution in [1.29, 1.82) is 0 Å². The number of rotatable bonds is 2. The third kappa shape index (κ3) is 2.15. The van der Waals surface area contributed by atoms with Gasteiger partial charge in [0.25, 0.3) is 0 Å². The smallest absolute Gasteiger partial charge is 0.184 e. The van der Waals surface area contributed by atoms with Gasteiger partial charge in [0.15, 0.2) is 5.11 Å². The molecule has 0 radical (unpaired) electrons. The molecule has 0 bridgehead atoms. The van der Waals surface area contributed by atoms with E-state index in [9.17, 15) is 0 Å². The predicted molar refractivity (Wildman–Crippen MR) is 83.3 cm³/mol. The van der Waals surface area contributed by atoms with Crippen molar-refractivity contribution >= 4 is 45.2 Å². The van der Waals surface area contributed by atoms with Crippen LogP contribution in [0.4, 0.5) is 0 Å². The Balaban J connectivity index is 2.11. The van der Waals surface area contributed by atoms with Gasteiger partial charge >= 0.3 is 0 Å². The molecular weight excluding hydrogens is 256 g/mol. The molecule has 5 heteroatoms. The highest BCUT2D eigenvalue weighted by molar-refractivity contribution is 7.80. The molecule has 19 heavy (non-hydrogen) atoms. The van der Waals surface area contributed by atoms with E-state index >= 15 is 0 Å². The molecule has 1 aromatic heterocycles. The Kier molecular flexibility index (Phi) is 2.89. The summed E-state index contributed by atoms with van der Waals surface area (Å²) in [6.45, 7) is 0. The minimum atomic E-state index is 0.154. The van der Waals surface area contributed by atoms with Gasteiger partial charge in [-0.05, 0) is 17.6 Å². The summed E-state index contributed by atoms with van der Waals surface area (Å²) in [7, 11) is 0. The van der Waals surface area contributed by atoms with E-state index in [0.717, 1.165) is 16.5 Å². The Morgan fingerprint density at radius 2 is 2.05 bits per heavy atom. The lowest BCUT2D eigenvalue weighted by atomic mass is 10.1. The third-order valence-electron chi connectivity index (χ3n) is 2.99. The van der Waals surface area contributed by atoms with Crippen LogP contribution in [0.1, 0.15) is 5.56 Å². The number of benzene rings is 2. The van der Waals surface area contributed by atoms with Crippen LogP contribution in [0, 0.1) is 0 Å². The van der Waals surface area contributed by atoms with Gasteiger partial charge in [0.2, 0.25) is 0 Å². The monoisotopic (exact) mass is 268 g/mol. The molecule has 0 aliphatic rings. The number of H-pyrrole nitrogens is 1. The molecule has 0 amide bonds. The number of nitrogens with two attached hydrogens (primary N) is 1. The molecule has 3 rings (SSSR count). The minimum Gasteiger partial charge on any atom is -0.375 e. The van der Waals surface area contributed by atoms with E-state index in [1.165, 1.54) is 10.8 Å². The Hall–Kier alpha value is -2.40. The second-order valence-electron chi connectivity index (χ2n) is 4.19. The summed E-state index contributed by atoms with van der Waals surface area (Å²) in [5.74, 6) is 0. The first kappa shape index (κ1) is 11.7. The van der Waals surface area contributed by atoms with Crippen LogP contribution in [0.5, 0.6) is 0 Å². The van der Waals surface area contributed by atoms with Crippen LogP contribution in [0.25, 0.3) is 21.7 Å². The number of hydrazone groups is 1. The topological polar surface area (TPSA) is 66.2 Å². The molecule has 0 atom stereocenters. The number of nitrogens with one attached hydrogen (secondary N) is 2. The Labute approximate surface area is 115 Å². The normalized spacial score (nSPS) is 11.4. The van der Waals surface area contributed by atoms with Crippen molar-refractivity contribution in [3.63, 3.8) is 0 Å². The van der Waals surface area contributed by atoms with Gasteiger partial charge in [-0.1, -0.05) is 36.4 Å². The maximum absolute atomic E-state index is 5.32. The molecule has 0 saturated carbocycles. The first-order valence-corrected chi connectivity index (χ1v) is 6.24. The summed E-state index contributed by atoms with van der Waals surface area (Å²) in [6.07, 6.45) is 3.62. The maximum Gasteiger partial charge on any atom is 0.184 e. The quantitative estimate of drug-likeness (QED) is 0.380. The molecule has 1 heterocycles. The van der Waals surface area contributed by atoms with E-state index in [-0.39, 0.29) is 5.11 Å². The van der Waals surface area contributed by atoms with Crippen molar-refractivity contribution in [2.75, 3.05) is 0 Å². The first-order valence-electron chi connectivity index (χ1n) is 5.83. The summed E-state index contributed by atoms with van der Waals surface area (Å²) in [5, 5.41) is 7.66.